The van der Waals surface area contributed by atoms with Crippen molar-refractivity contribution in [3.05, 3.63) is 65.9 Å². The SMILES string of the molecule is N#Cc1cccc2c1ccn2Cc1ccccc1N. The number of fused-ring (bicyclic) bond motifs is 1. The minimum absolute atomic E-state index is 0.706. The van der Waals surface area contributed by atoms with Crippen LogP contribution < -0.4 is 5.73 Å². The van der Waals surface area contributed by atoms with Gasteiger partial charge in [0.25, 0.3) is 0 Å². The number of hydrogen-bond donors (Lipinski definition) is 1. The number of nitrogens with zero attached hydrogens (tertiary/aromatic N) is 2. The molecule has 3 nitrogen and oxygen atoms in total. The van der Waals surface area contributed by atoms with E-state index in [1.165, 1.54) is 0 Å². The molecule has 92 valence electrons. The van der Waals surface area contributed by atoms with Gasteiger partial charge in [0, 0.05) is 29.3 Å². The van der Waals surface area contributed by atoms with Crippen molar-refractivity contribution in [2.24, 2.45) is 0 Å². The highest BCUT2D eigenvalue weighted by Crippen LogP contribution is 2.22. The van der Waals surface area contributed by atoms with Gasteiger partial charge in [0.15, 0.2) is 0 Å². The molecule has 3 aromatic rings. The molecule has 0 saturated heterocycles. The molecule has 1 heterocycles. The molecule has 0 saturated carbocycles. The summed E-state index contributed by atoms with van der Waals surface area (Å²) in [7, 11) is 0. The summed E-state index contributed by atoms with van der Waals surface area (Å²) in [5, 5.41) is 10.1. The monoisotopic (exact) mass is 247 g/mol. The summed E-state index contributed by atoms with van der Waals surface area (Å²) in [5.74, 6) is 0. The third-order valence-electron chi connectivity index (χ3n) is 3.33. The Morgan fingerprint density at radius 1 is 1.05 bits per heavy atom. The van der Waals surface area contributed by atoms with E-state index in [-0.39, 0.29) is 0 Å². The van der Waals surface area contributed by atoms with Crippen LogP contribution in [0.25, 0.3) is 10.9 Å². The summed E-state index contributed by atoms with van der Waals surface area (Å²) in [6, 6.07) is 17.8. The summed E-state index contributed by atoms with van der Waals surface area (Å²) in [6.07, 6.45) is 2.00. The minimum Gasteiger partial charge on any atom is -0.398 e. The lowest BCUT2D eigenvalue weighted by molar-refractivity contribution is 0.839. The Morgan fingerprint density at radius 2 is 1.89 bits per heavy atom. The van der Waals surface area contributed by atoms with Crippen LogP contribution in [0.1, 0.15) is 11.1 Å². The van der Waals surface area contributed by atoms with Crippen LogP contribution in [0.4, 0.5) is 5.69 Å². The summed E-state index contributed by atoms with van der Waals surface area (Å²) < 4.78 is 2.11. The number of nitriles is 1. The van der Waals surface area contributed by atoms with Crippen molar-refractivity contribution in [2.75, 3.05) is 5.73 Å². The highest BCUT2D eigenvalue weighted by atomic mass is 15.0. The van der Waals surface area contributed by atoms with Gasteiger partial charge in [-0.25, -0.2) is 0 Å². The third kappa shape index (κ3) is 1.94. The zero-order chi connectivity index (χ0) is 13.2. The molecule has 0 unspecified atom stereocenters. The number of para-hydroxylation sites is 1. The van der Waals surface area contributed by atoms with Crippen LogP contribution in [-0.4, -0.2) is 4.57 Å². The highest BCUT2D eigenvalue weighted by molar-refractivity contribution is 5.86. The smallest absolute Gasteiger partial charge is 0.0998 e. The van der Waals surface area contributed by atoms with E-state index in [1.807, 2.05) is 54.7 Å². The zero-order valence-electron chi connectivity index (χ0n) is 10.4. The summed E-state index contributed by atoms with van der Waals surface area (Å²) in [4.78, 5) is 0. The Morgan fingerprint density at radius 3 is 2.68 bits per heavy atom. The predicted molar refractivity (Wildman–Crippen MR) is 76.6 cm³/mol. The zero-order valence-corrected chi connectivity index (χ0v) is 10.4. The fourth-order valence-corrected chi connectivity index (χ4v) is 2.32. The number of benzene rings is 2. The number of anilines is 1. The molecule has 3 rings (SSSR count). The second-order valence-electron chi connectivity index (χ2n) is 4.49. The van der Waals surface area contributed by atoms with Crippen molar-refractivity contribution in [1.29, 1.82) is 5.26 Å². The molecule has 0 amide bonds. The van der Waals surface area contributed by atoms with Crippen LogP contribution in [0.3, 0.4) is 0 Å². The van der Waals surface area contributed by atoms with Gasteiger partial charge in [-0.3, -0.25) is 0 Å². The number of rotatable bonds is 2. The first-order chi connectivity index (χ1) is 9.29. The molecule has 19 heavy (non-hydrogen) atoms. The Hall–Kier alpha value is -2.73. The van der Waals surface area contributed by atoms with Crippen LogP contribution in [-0.2, 0) is 6.54 Å². The minimum atomic E-state index is 0.706. The van der Waals surface area contributed by atoms with Crippen LogP contribution in [0.5, 0.6) is 0 Å². The second-order valence-corrected chi connectivity index (χ2v) is 4.49. The van der Waals surface area contributed by atoms with E-state index >= 15 is 0 Å². The largest absolute Gasteiger partial charge is 0.398 e. The van der Waals surface area contributed by atoms with Gasteiger partial charge in [0.1, 0.15) is 0 Å². The quantitative estimate of drug-likeness (QED) is 0.707. The van der Waals surface area contributed by atoms with E-state index in [0.717, 1.165) is 22.2 Å². The molecular formula is C16H13N3. The van der Waals surface area contributed by atoms with Crippen molar-refractivity contribution < 1.29 is 0 Å². The van der Waals surface area contributed by atoms with Gasteiger partial charge in [-0.1, -0.05) is 24.3 Å². The first-order valence-electron chi connectivity index (χ1n) is 6.11. The Kier molecular flexibility index (Phi) is 2.70. The lowest BCUT2D eigenvalue weighted by Gasteiger charge is -2.08. The van der Waals surface area contributed by atoms with E-state index in [4.69, 9.17) is 11.0 Å². The Balaban J connectivity index is 2.08. The average molecular weight is 247 g/mol. The average Bonchev–Trinajstić information content (AvgIpc) is 2.84. The molecule has 0 fully saturated rings. The summed E-state index contributed by atoms with van der Waals surface area (Å²) >= 11 is 0. The number of aromatic nitrogens is 1. The molecule has 2 aromatic carbocycles. The Labute approximate surface area is 111 Å². The van der Waals surface area contributed by atoms with Gasteiger partial charge in [0.2, 0.25) is 0 Å². The standard InChI is InChI=1S/C16H13N3/c17-10-12-5-3-7-16-14(12)8-9-19(16)11-13-4-1-2-6-15(13)18/h1-9H,11,18H2. The van der Waals surface area contributed by atoms with Gasteiger partial charge >= 0.3 is 0 Å². The van der Waals surface area contributed by atoms with E-state index in [1.54, 1.807) is 0 Å². The van der Waals surface area contributed by atoms with Crippen molar-refractivity contribution in [2.45, 2.75) is 6.54 Å². The lowest BCUT2D eigenvalue weighted by atomic mass is 10.1. The van der Waals surface area contributed by atoms with Crippen LogP contribution >= 0.6 is 0 Å². The molecule has 2 N–H and O–H groups in total. The molecule has 0 radical (unpaired) electrons. The Bertz CT molecular complexity index is 778. The van der Waals surface area contributed by atoms with Gasteiger partial charge in [0.05, 0.1) is 11.6 Å². The molecule has 0 aliphatic carbocycles. The van der Waals surface area contributed by atoms with Crippen molar-refractivity contribution in [1.82, 2.24) is 4.57 Å². The van der Waals surface area contributed by atoms with E-state index < -0.39 is 0 Å². The molecule has 3 heteroatoms. The maximum atomic E-state index is 9.10. The van der Waals surface area contributed by atoms with Gasteiger partial charge in [-0.15, -0.1) is 0 Å². The van der Waals surface area contributed by atoms with Crippen molar-refractivity contribution in [3.8, 4) is 6.07 Å². The molecule has 0 atom stereocenters. The topological polar surface area (TPSA) is 54.7 Å². The maximum Gasteiger partial charge on any atom is 0.0998 e. The van der Waals surface area contributed by atoms with Gasteiger partial charge in [-0.05, 0) is 29.8 Å². The highest BCUT2D eigenvalue weighted by Gasteiger charge is 2.06. The number of nitrogens with two attached hydrogens (primary N) is 1. The molecule has 1 aromatic heterocycles. The van der Waals surface area contributed by atoms with Crippen LogP contribution in [0.2, 0.25) is 0 Å². The fourth-order valence-electron chi connectivity index (χ4n) is 2.32. The third-order valence-corrected chi connectivity index (χ3v) is 3.33. The second kappa shape index (κ2) is 4.51. The molecule has 0 spiro atoms. The molecule has 0 aliphatic heterocycles. The van der Waals surface area contributed by atoms with Crippen molar-refractivity contribution in [3.63, 3.8) is 0 Å². The first-order valence-corrected chi connectivity index (χ1v) is 6.11. The van der Waals surface area contributed by atoms with E-state index in [9.17, 15) is 0 Å². The number of hydrogen-bond acceptors (Lipinski definition) is 2. The summed E-state index contributed by atoms with van der Waals surface area (Å²) in [6.45, 7) is 0.713. The molecular weight excluding hydrogens is 234 g/mol. The number of nitrogen functional groups attached to an aromatic ring is 1. The van der Waals surface area contributed by atoms with E-state index in [0.29, 0.717) is 12.1 Å². The summed E-state index contributed by atoms with van der Waals surface area (Å²) in [5.41, 5.74) is 9.61. The molecule has 0 bridgehead atoms. The fraction of sp³-hybridized carbons (Fsp3) is 0.0625. The van der Waals surface area contributed by atoms with Gasteiger partial charge < -0.3 is 10.3 Å². The lowest BCUT2D eigenvalue weighted by Crippen LogP contribution is -2.01. The van der Waals surface area contributed by atoms with E-state index in [2.05, 4.69) is 10.6 Å². The predicted octanol–water partition coefficient (Wildman–Crippen LogP) is 3.14. The van der Waals surface area contributed by atoms with Gasteiger partial charge in [-0.2, -0.15) is 5.26 Å². The van der Waals surface area contributed by atoms with Crippen molar-refractivity contribution >= 4 is 16.6 Å². The first kappa shape index (κ1) is 11.4. The van der Waals surface area contributed by atoms with Crippen LogP contribution in [0.15, 0.2) is 54.7 Å². The van der Waals surface area contributed by atoms with Crippen LogP contribution in [0, 0.1) is 11.3 Å². The maximum absolute atomic E-state index is 9.10. The molecule has 0 aliphatic rings. The normalized spacial score (nSPS) is 10.5.